The Balaban J connectivity index is 1.97. The van der Waals surface area contributed by atoms with E-state index in [9.17, 15) is 4.39 Å². The second kappa shape index (κ2) is 4.23. The summed E-state index contributed by atoms with van der Waals surface area (Å²) in [6.07, 6.45) is 5.40. The fourth-order valence-electron chi connectivity index (χ4n) is 3.29. The predicted octanol–water partition coefficient (Wildman–Crippen LogP) is 3.56. The molecule has 1 unspecified atom stereocenters. The average molecular weight is 249 g/mol. The quantitative estimate of drug-likeness (QED) is 0.889. The molecule has 1 heterocycles. The highest BCUT2D eigenvalue weighted by molar-refractivity contribution is 5.39. The van der Waals surface area contributed by atoms with Crippen molar-refractivity contribution >= 4 is 0 Å². The van der Waals surface area contributed by atoms with Gasteiger partial charge in [-0.2, -0.15) is 0 Å². The summed E-state index contributed by atoms with van der Waals surface area (Å²) in [4.78, 5) is 0. The number of benzene rings is 1. The number of hydrogen-bond donors (Lipinski definition) is 1. The minimum Gasteiger partial charge on any atom is -0.486 e. The zero-order valence-corrected chi connectivity index (χ0v) is 10.8. The third-order valence-corrected chi connectivity index (χ3v) is 4.25. The Kier molecular flexibility index (Phi) is 2.81. The molecule has 18 heavy (non-hydrogen) atoms. The third kappa shape index (κ3) is 1.91. The van der Waals surface area contributed by atoms with Gasteiger partial charge in [-0.1, -0.05) is 19.4 Å². The molecule has 2 N–H and O–H groups in total. The number of ether oxygens (including phenoxy) is 1. The van der Waals surface area contributed by atoms with E-state index in [0.29, 0.717) is 11.7 Å². The molecule has 0 aromatic heterocycles. The van der Waals surface area contributed by atoms with E-state index in [1.165, 1.54) is 25.0 Å². The first-order chi connectivity index (χ1) is 8.64. The van der Waals surface area contributed by atoms with Gasteiger partial charge in [-0.15, -0.1) is 0 Å². The fraction of sp³-hybridized carbons (Fsp3) is 0.600. The first-order valence-corrected chi connectivity index (χ1v) is 6.88. The molecule has 0 radical (unpaired) electrons. The largest absolute Gasteiger partial charge is 0.486 e. The molecular formula is C15H20FNO. The Labute approximate surface area is 107 Å². The molecule has 0 saturated heterocycles. The topological polar surface area (TPSA) is 35.2 Å². The number of nitrogens with two attached hydrogens (primary N) is 1. The summed E-state index contributed by atoms with van der Waals surface area (Å²) in [6.45, 7) is 2.17. The van der Waals surface area contributed by atoms with E-state index >= 15 is 0 Å². The van der Waals surface area contributed by atoms with Crippen molar-refractivity contribution in [2.75, 3.05) is 0 Å². The van der Waals surface area contributed by atoms with Crippen LogP contribution in [0.4, 0.5) is 4.39 Å². The van der Waals surface area contributed by atoms with Crippen LogP contribution in [0, 0.1) is 11.7 Å². The lowest BCUT2D eigenvalue weighted by atomic mass is 9.81. The van der Waals surface area contributed by atoms with Crippen LogP contribution in [-0.4, -0.2) is 5.60 Å². The Morgan fingerprint density at radius 1 is 1.44 bits per heavy atom. The molecule has 0 bridgehead atoms. The van der Waals surface area contributed by atoms with E-state index in [1.54, 1.807) is 6.07 Å². The van der Waals surface area contributed by atoms with E-state index in [4.69, 9.17) is 10.5 Å². The van der Waals surface area contributed by atoms with Crippen LogP contribution in [0.5, 0.6) is 5.75 Å². The summed E-state index contributed by atoms with van der Waals surface area (Å²) in [5.74, 6) is 1.03. The average Bonchev–Trinajstić information content (AvgIpc) is 3.12. The van der Waals surface area contributed by atoms with Crippen molar-refractivity contribution in [1.82, 2.24) is 0 Å². The molecule has 2 aliphatic rings. The van der Waals surface area contributed by atoms with Gasteiger partial charge < -0.3 is 10.5 Å². The second-order valence-corrected chi connectivity index (χ2v) is 5.68. The fourth-order valence-corrected chi connectivity index (χ4v) is 3.29. The number of rotatable bonds is 3. The monoisotopic (exact) mass is 249 g/mol. The lowest BCUT2D eigenvalue weighted by Crippen LogP contribution is -2.45. The van der Waals surface area contributed by atoms with E-state index in [2.05, 4.69) is 6.92 Å². The molecular weight excluding hydrogens is 229 g/mol. The summed E-state index contributed by atoms with van der Waals surface area (Å²) >= 11 is 0. The van der Waals surface area contributed by atoms with E-state index in [1.807, 2.05) is 0 Å². The van der Waals surface area contributed by atoms with Gasteiger partial charge in [0.1, 0.15) is 17.2 Å². The van der Waals surface area contributed by atoms with E-state index < -0.39 is 0 Å². The second-order valence-electron chi connectivity index (χ2n) is 5.68. The molecule has 1 aliphatic carbocycles. The molecule has 2 nitrogen and oxygen atoms in total. The number of hydrogen-bond acceptors (Lipinski definition) is 2. The van der Waals surface area contributed by atoms with Crippen molar-refractivity contribution in [2.45, 2.75) is 50.7 Å². The van der Waals surface area contributed by atoms with Crippen LogP contribution in [0.1, 0.15) is 50.6 Å². The van der Waals surface area contributed by atoms with Crippen molar-refractivity contribution in [1.29, 1.82) is 0 Å². The first kappa shape index (κ1) is 12.0. The molecule has 0 spiro atoms. The van der Waals surface area contributed by atoms with Crippen molar-refractivity contribution in [3.05, 3.63) is 29.6 Å². The summed E-state index contributed by atoms with van der Waals surface area (Å²) in [5, 5.41) is 0. The van der Waals surface area contributed by atoms with Gasteiger partial charge >= 0.3 is 0 Å². The van der Waals surface area contributed by atoms with Gasteiger partial charge in [-0.3, -0.25) is 0 Å². The Bertz CT molecular complexity index is 458. The molecule has 3 heteroatoms. The molecule has 1 saturated carbocycles. The van der Waals surface area contributed by atoms with E-state index in [-0.39, 0.29) is 17.5 Å². The maximum absolute atomic E-state index is 13.4. The Morgan fingerprint density at radius 3 is 2.89 bits per heavy atom. The highest BCUT2D eigenvalue weighted by atomic mass is 19.1. The van der Waals surface area contributed by atoms with Gasteiger partial charge in [0.05, 0.1) is 0 Å². The molecule has 1 fully saturated rings. The molecule has 0 amide bonds. The van der Waals surface area contributed by atoms with Gasteiger partial charge in [0.15, 0.2) is 0 Å². The smallest absolute Gasteiger partial charge is 0.127 e. The van der Waals surface area contributed by atoms with Crippen LogP contribution in [0.2, 0.25) is 0 Å². The van der Waals surface area contributed by atoms with Gasteiger partial charge in [0.2, 0.25) is 0 Å². The molecule has 1 aromatic carbocycles. The van der Waals surface area contributed by atoms with Crippen LogP contribution in [-0.2, 0) is 0 Å². The molecule has 2 atom stereocenters. The van der Waals surface area contributed by atoms with Gasteiger partial charge in [-0.25, -0.2) is 4.39 Å². The van der Waals surface area contributed by atoms with Crippen LogP contribution in [0.15, 0.2) is 18.2 Å². The molecule has 1 aliphatic heterocycles. The standard InChI is InChI=1S/C15H20FNO/c1-2-7-15(10-3-4-10)9-13(17)12-6-5-11(16)8-14(12)18-15/h5-6,8,10,13H,2-4,7,9,17H2,1H3/t13-,15?/m1/s1. The van der Waals surface area contributed by atoms with Crippen molar-refractivity contribution in [3.63, 3.8) is 0 Å². The number of fused-ring (bicyclic) bond motifs is 1. The van der Waals surface area contributed by atoms with Crippen LogP contribution < -0.4 is 10.5 Å². The number of halogens is 1. The minimum absolute atomic E-state index is 0.0264. The Hall–Kier alpha value is -1.09. The molecule has 1 aromatic rings. The lowest BCUT2D eigenvalue weighted by molar-refractivity contribution is 0.00537. The van der Waals surface area contributed by atoms with Crippen LogP contribution in [0.3, 0.4) is 0 Å². The molecule has 98 valence electrons. The summed E-state index contributed by atoms with van der Waals surface area (Å²) in [6, 6.07) is 4.69. The lowest BCUT2D eigenvalue weighted by Gasteiger charge is -2.42. The van der Waals surface area contributed by atoms with Gasteiger partial charge in [0.25, 0.3) is 0 Å². The maximum Gasteiger partial charge on any atom is 0.127 e. The summed E-state index contributed by atoms with van der Waals surface area (Å²) in [5.41, 5.74) is 7.07. The SMILES string of the molecule is CCCC1(C2CC2)C[C@@H](N)c2ccc(F)cc2O1. The highest BCUT2D eigenvalue weighted by Gasteiger charge is 2.50. The van der Waals surface area contributed by atoms with Gasteiger partial charge in [0, 0.05) is 24.1 Å². The van der Waals surface area contributed by atoms with Crippen LogP contribution >= 0.6 is 0 Å². The molecule has 3 rings (SSSR count). The Morgan fingerprint density at radius 2 is 2.22 bits per heavy atom. The third-order valence-electron chi connectivity index (χ3n) is 4.25. The zero-order valence-electron chi connectivity index (χ0n) is 10.8. The van der Waals surface area contributed by atoms with Crippen molar-refractivity contribution in [3.8, 4) is 5.75 Å². The highest BCUT2D eigenvalue weighted by Crippen LogP contribution is 2.52. The van der Waals surface area contributed by atoms with Gasteiger partial charge in [-0.05, 0) is 31.2 Å². The first-order valence-electron chi connectivity index (χ1n) is 6.88. The van der Waals surface area contributed by atoms with Crippen molar-refractivity contribution in [2.24, 2.45) is 11.7 Å². The zero-order chi connectivity index (χ0) is 12.8. The summed E-state index contributed by atoms with van der Waals surface area (Å²) < 4.78 is 19.6. The van der Waals surface area contributed by atoms with Crippen molar-refractivity contribution < 1.29 is 9.13 Å². The van der Waals surface area contributed by atoms with Crippen LogP contribution in [0.25, 0.3) is 0 Å². The minimum atomic E-state index is -0.246. The summed E-state index contributed by atoms with van der Waals surface area (Å²) in [7, 11) is 0. The normalized spacial score (nSPS) is 30.7. The van der Waals surface area contributed by atoms with E-state index in [0.717, 1.165) is 24.8 Å². The maximum atomic E-state index is 13.4. The predicted molar refractivity (Wildman–Crippen MR) is 68.9 cm³/mol.